The van der Waals surface area contributed by atoms with E-state index in [4.69, 9.17) is 9.84 Å². The first-order valence-corrected chi connectivity index (χ1v) is 8.65. The van der Waals surface area contributed by atoms with Gasteiger partial charge in [-0.2, -0.15) is 5.26 Å². The number of rotatable bonds is 7. The second-order valence-corrected chi connectivity index (χ2v) is 5.87. The Kier molecular flexibility index (Phi) is 5.53. The Bertz CT molecular complexity index is 1010. The number of hydrogen-bond donors (Lipinski definition) is 2. The summed E-state index contributed by atoms with van der Waals surface area (Å²) in [5, 5.41) is 22.6. The number of nitrogens with one attached hydrogen (secondary N) is 1. The van der Waals surface area contributed by atoms with Crippen molar-refractivity contribution in [1.29, 1.82) is 5.26 Å². The van der Waals surface area contributed by atoms with Crippen LogP contribution < -0.4 is 10.1 Å². The van der Waals surface area contributed by atoms with E-state index in [1.807, 2.05) is 55.5 Å². The van der Waals surface area contributed by atoms with Gasteiger partial charge in [0, 0.05) is 17.5 Å². The van der Waals surface area contributed by atoms with Crippen LogP contribution in [0.5, 0.6) is 5.75 Å². The number of hydrogen-bond acceptors (Lipinski definition) is 5. The van der Waals surface area contributed by atoms with Gasteiger partial charge in [0.15, 0.2) is 0 Å². The Labute approximate surface area is 157 Å². The van der Waals surface area contributed by atoms with Crippen molar-refractivity contribution in [1.82, 2.24) is 4.98 Å². The van der Waals surface area contributed by atoms with E-state index in [2.05, 4.69) is 16.4 Å². The molecular weight excluding hydrogens is 342 g/mol. The van der Waals surface area contributed by atoms with E-state index in [9.17, 15) is 10.1 Å². The normalized spacial score (nSPS) is 10.4. The molecule has 136 valence electrons. The number of para-hydroxylation sites is 1. The van der Waals surface area contributed by atoms with Gasteiger partial charge < -0.3 is 15.2 Å². The molecule has 1 aromatic heterocycles. The van der Waals surface area contributed by atoms with Crippen molar-refractivity contribution >= 4 is 22.6 Å². The first-order valence-electron chi connectivity index (χ1n) is 8.65. The fourth-order valence-electron chi connectivity index (χ4n) is 2.88. The first kappa shape index (κ1) is 18.2. The lowest BCUT2D eigenvalue weighted by molar-refractivity contribution is -0.136. The second kappa shape index (κ2) is 8.19. The summed E-state index contributed by atoms with van der Waals surface area (Å²) in [6.07, 6.45) is -0.0418. The summed E-state index contributed by atoms with van der Waals surface area (Å²) in [6.45, 7) is 2.72. The van der Waals surface area contributed by atoms with Crippen LogP contribution in [0.4, 0.5) is 5.69 Å². The van der Waals surface area contributed by atoms with Gasteiger partial charge in [-0.3, -0.25) is 4.79 Å². The van der Waals surface area contributed by atoms with Crippen molar-refractivity contribution in [3.8, 4) is 23.1 Å². The van der Waals surface area contributed by atoms with E-state index >= 15 is 0 Å². The van der Waals surface area contributed by atoms with Crippen LogP contribution >= 0.6 is 0 Å². The third kappa shape index (κ3) is 3.98. The van der Waals surface area contributed by atoms with Crippen molar-refractivity contribution in [2.75, 3.05) is 18.5 Å². The number of aliphatic carboxylic acids is 1. The Hall–Kier alpha value is -3.59. The minimum Gasteiger partial charge on any atom is -0.494 e. The number of carboxylic acid groups (broad SMARTS) is 1. The predicted molar refractivity (Wildman–Crippen MR) is 104 cm³/mol. The number of fused-ring (bicyclic) bond motifs is 1. The second-order valence-electron chi connectivity index (χ2n) is 5.87. The van der Waals surface area contributed by atoms with Gasteiger partial charge in [0.25, 0.3) is 0 Å². The zero-order chi connectivity index (χ0) is 19.2. The maximum absolute atomic E-state index is 10.9. The van der Waals surface area contributed by atoms with Crippen molar-refractivity contribution in [3.63, 3.8) is 0 Å². The molecule has 0 aliphatic carbocycles. The molecule has 6 nitrogen and oxygen atoms in total. The molecule has 0 unspecified atom stereocenters. The molecule has 0 aliphatic heterocycles. The molecule has 27 heavy (non-hydrogen) atoms. The summed E-state index contributed by atoms with van der Waals surface area (Å²) in [6, 6.07) is 17.1. The van der Waals surface area contributed by atoms with Gasteiger partial charge in [-0.1, -0.05) is 18.2 Å². The largest absolute Gasteiger partial charge is 0.494 e. The van der Waals surface area contributed by atoms with Crippen molar-refractivity contribution in [3.05, 3.63) is 54.1 Å². The molecule has 0 bridgehead atoms. The maximum Gasteiger partial charge on any atom is 0.305 e. The van der Waals surface area contributed by atoms with Crippen molar-refractivity contribution < 1.29 is 14.6 Å². The van der Waals surface area contributed by atoms with Crippen LogP contribution in [0.2, 0.25) is 0 Å². The third-order valence-corrected chi connectivity index (χ3v) is 4.08. The molecule has 0 fully saturated rings. The Morgan fingerprint density at radius 1 is 1.22 bits per heavy atom. The van der Waals surface area contributed by atoms with Gasteiger partial charge >= 0.3 is 5.97 Å². The van der Waals surface area contributed by atoms with Crippen LogP contribution in [0.25, 0.3) is 22.2 Å². The fourth-order valence-corrected chi connectivity index (χ4v) is 2.88. The SMILES string of the molecule is CCOc1ccc(-c2nc3ccccc3c(NCCC(=O)O)c2C#N)cc1. The monoisotopic (exact) mass is 361 g/mol. The highest BCUT2D eigenvalue weighted by Crippen LogP contribution is 2.34. The molecule has 3 rings (SSSR count). The average molecular weight is 361 g/mol. The highest BCUT2D eigenvalue weighted by Gasteiger charge is 2.16. The number of nitrogens with zero attached hydrogens (tertiary/aromatic N) is 2. The lowest BCUT2D eigenvalue weighted by Gasteiger charge is -2.15. The molecule has 1 heterocycles. The number of carbonyl (C=O) groups is 1. The molecule has 0 atom stereocenters. The number of ether oxygens (including phenoxy) is 1. The number of carboxylic acids is 1. The van der Waals surface area contributed by atoms with Crippen molar-refractivity contribution in [2.45, 2.75) is 13.3 Å². The third-order valence-electron chi connectivity index (χ3n) is 4.08. The van der Waals surface area contributed by atoms with Crippen LogP contribution in [0.15, 0.2) is 48.5 Å². The first-order chi connectivity index (χ1) is 13.1. The molecule has 6 heteroatoms. The van der Waals surface area contributed by atoms with Crippen LogP contribution in [-0.4, -0.2) is 29.2 Å². The Morgan fingerprint density at radius 2 is 1.96 bits per heavy atom. The molecule has 0 amide bonds. The Morgan fingerprint density at radius 3 is 2.63 bits per heavy atom. The molecule has 3 aromatic rings. The molecule has 2 aromatic carbocycles. The van der Waals surface area contributed by atoms with Gasteiger partial charge in [0.1, 0.15) is 17.4 Å². The van der Waals surface area contributed by atoms with Gasteiger partial charge in [-0.25, -0.2) is 4.98 Å². The zero-order valence-electron chi connectivity index (χ0n) is 14.9. The van der Waals surface area contributed by atoms with Gasteiger partial charge in [0.05, 0.1) is 29.9 Å². The number of pyridine rings is 1. The van der Waals surface area contributed by atoms with E-state index < -0.39 is 5.97 Å². The molecule has 0 aliphatic rings. The molecule has 0 radical (unpaired) electrons. The predicted octanol–water partition coefficient (Wildman–Crippen LogP) is 4.06. The standard InChI is InChI=1S/C21H19N3O3/c1-2-27-15-9-7-14(8-10-15)20-17(13-22)21(23-12-11-19(25)26)16-5-3-4-6-18(16)24-20/h3-10H,2,11-12H2,1H3,(H,23,24)(H,25,26). The molecule has 2 N–H and O–H groups in total. The van der Waals surface area contributed by atoms with Crippen LogP contribution in [0.1, 0.15) is 18.9 Å². The maximum atomic E-state index is 10.9. The van der Waals surface area contributed by atoms with E-state index in [1.165, 1.54) is 0 Å². The number of benzene rings is 2. The highest BCUT2D eigenvalue weighted by atomic mass is 16.5. The van der Waals surface area contributed by atoms with E-state index in [0.29, 0.717) is 23.6 Å². The smallest absolute Gasteiger partial charge is 0.305 e. The fraction of sp³-hybridized carbons (Fsp3) is 0.190. The zero-order valence-corrected chi connectivity index (χ0v) is 14.9. The number of aromatic nitrogens is 1. The van der Waals surface area contributed by atoms with Crippen LogP contribution in [0.3, 0.4) is 0 Å². The van der Waals surface area contributed by atoms with Gasteiger partial charge in [0.2, 0.25) is 0 Å². The number of anilines is 1. The lowest BCUT2D eigenvalue weighted by Crippen LogP contribution is -2.10. The van der Waals surface area contributed by atoms with Gasteiger partial charge in [-0.15, -0.1) is 0 Å². The summed E-state index contributed by atoms with van der Waals surface area (Å²) < 4.78 is 5.47. The van der Waals surface area contributed by atoms with E-state index in [0.717, 1.165) is 22.2 Å². The van der Waals surface area contributed by atoms with Crippen molar-refractivity contribution in [2.24, 2.45) is 0 Å². The van der Waals surface area contributed by atoms with E-state index in [-0.39, 0.29) is 13.0 Å². The average Bonchev–Trinajstić information content (AvgIpc) is 2.68. The summed E-state index contributed by atoms with van der Waals surface area (Å²) in [4.78, 5) is 15.5. The van der Waals surface area contributed by atoms with Crippen LogP contribution in [-0.2, 0) is 4.79 Å². The molecular formula is C21H19N3O3. The van der Waals surface area contributed by atoms with Gasteiger partial charge in [-0.05, 0) is 37.3 Å². The minimum absolute atomic E-state index is 0.0418. The molecule has 0 spiro atoms. The summed E-state index contributed by atoms with van der Waals surface area (Å²) in [5.41, 5.74) is 3.08. The topological polar surface area (TPSA) is 95.2 Å². The Balaban J connectivity index is 2.12. The quantitative estimate of drug-likeness (QED) is 0.659. The number of nitriles is 1. The summed E-state index contributed by atoms with van der Waals surface area (Å²) >= 11 is 0. The summed E-state index contributed by atoms with van der Waals surface area (Å²) in [7, 11) is 0. The molecule has 0 saturated heterocycles. The highest BCUT2D eigenvalue weighted by molar-refractivity contribution is 5.98. The molecule has 0 saturated carbocycles. The summed E-state index contributed by atoms with van der Waals surface area (Å²) in [5.74, 6) is -0.147. The van der Waals surface area contributed by atoms with E-state index in [1.54, 1.807) is 0 Å². The lowest BCUT2D eigenvalue weighted by atomic mass is 10.0. The minimum atomic E-state index is -0.897. The van der Waals surface area contributed by atoms with Crippen LogP contribution in [0, 0.1) is 11.3 Å².